The van der Waals surface area contributed by atoms with Gasteiger partial charge in [0, 0.05) is 27.2 Å². The maximum atomic E-state index is 13.3. The average Bonchev–Trinajstić information content (AvgIpc) is 2.84. The Kier molecular flexibility index (Phi) is 9.73. The molecule has 0 unspecified atom stereocenters. The van der Waals surface area contributed by atoms with Crippen LogP contribution in [0.4, 0.5) is 4.79 Å². The number of nitrogens with one attached hydrogen (secondary N) is 1. The van der Waals surface area contributed by atoms with Crippen LogP contribution in [-0.4, -0.2) is 28.3 Å². The number of aryl methyl sites for hydroxylation is 2. The fourth-order valence-corrected chi connectivity index (χ4v) is 4.38. The lowest BCUT2D eigenvalue weighted by Crippen LogP contribution is -2.46. The minimum atomic E-state index is -0.948. The molecular formula is C27H29Br2NO6. The molecule has 0 saturated heterocycles. The van der Waals surface area contributed by atoms with Crippen molar-refractivity contribution in [3.63, 3.8) is 0 Å². The Bertz CT molecular complexity index is 1290. The summed E-state index contributed by atoms with van der Waals surface area (Å²) in [6.07, 6.45) is -0.159. The summed E-state index contributed by atoms with van der Waals surface area (Å²) in [5.41, 5.74) is 2.82. The second-order valence-electron chi connectivity index (χ2n) is 8.92. The molecule has 3 aromatic rings. The van der Waals surface area contributed by atoms with E-state index in [1.807, 2.05) is 43.3 Å². The molecule has 1 heterocycles. The first kappa shape index (κ1) is 27.9. The Labute approximate surface area is 226 Å². The van der Waals surface area contributed by atoms with Crippen molar-refractivity contribution in [1.29, 1.82) is 0 Å². The van der Waals surface area contributed by atoms with E-state index in [1.165, 1.54) is 6.07 Å². The Hall–Kier alpha value is -2.65. The van der Waals surface area contributed by atoms with E-state index in [1.54, 1.807) is 20.8 Å². The summed E-state index contributed by atoms with van der Waals surface area (Å²) in [5, 5.41) is 4.09. The van der Waals surface area contributed by atoms with Crippen LogP contribution in [0.15, 0.2) is 51.7 Å². The molecule has 0 fully saturated rings. The normalized spacial score (nSPS) is 12.9. The van der Waals surface area contributed by atoms with Crippen LogP contribution in [0.1, 0.15) is 36.1 Å². The van der Waals surface area contributed by atoms with Gasteiger partial charge in [0.2, 0.25) is 0 Å². The zero-order valence-electron chi connectivity index (χ0n) is 20.6. The molecule has 7 nitrogen and oxygen atoms in total. The smallest absolute Gasteiger partial charge is 0.408 e. The number of esters is 1. The quantitative estimate of drug-likeness (QED) is 0.137. The van der Waals surface area contributed by atoms with Gasteiger partial charge in [0.25, 0.3) is 0 Å². The van der Waals surface area contributed by atoms with Crippen molar-refractivity contribution in [3.05, 3.63) is 75.1 Å². The number of amides is 1. The Morgan fingerprint density at radius 2 is 1.81 bits per heavy atom. The molecule has 0 aliphatic heterocycles. The lowest BCUT2D eigenvalue weighted by molar-refractivity contribution is -0.137. The number of rotatable bonds is 9. The van der Waals surface area contributed by atoms with Gasteiger partial charge in [0.1, 0.15) is 24.0 Å². The third kappa shape index (κ3) is 6.97. The van der Waals surface area contributed by atoms with Gasteiger partial charge in [0.05, 0.1) is 0 Å². The van der Waals surface area contributed by atoms with Crippen molar-refractivity contribution in [1.82, 2.24) is 5.32 Å². The minimum absolute atomic E-state index is 0.0785. The number of alkyl halides is 2. The highest BCUT2D eigenvalue weighted by atomic mass is 79.9. The zero-order valence-corrected chi connectivity index (χ0v) is 23.8. The van der Waals surface area contributed by atoms with E-state index < -0.39 is 23.7 Å². The fraction of sp³-hybridized carbons (Fsp3) is 0.370. The number of ether oxygens (including phenoxy) is 2. The second kappa shape index (κ2) is 12.5. The number of carbonyl (C=O) groups is 2. The van der Waals surface area contributed by atoms with E-state index in [9.17, 15) is 14.4 Å². The van der Waals surface area contributed by atoms with Crippen LogP contribution in [0.2, 0.25) is 0 Å². The molecule has 1 amide bonds. The average molecular weight is 623 g/mol. The summed E-state index contributed by atoms with van der Waals surface area (Å²) in [6.45, 7) is 7.28. The summed E-state index contributed by atoms with van der Waals surface area (Å²) >= 11 is 7.08. The highest BCUT2D eigenvalue weighted by Crippen LogP contribution is 2.34. The van der Waals surface area contributed by atoms with Crippen molar-refractivity contribution in [2.45, 2.75) is 51.6 Å². The molecule has 3 rings (SSSR count). The van der Waals surface area contributed by atoms with Crippen LogP contribution in [0.25, 0.3) is 11.0 Å². The summed E-state index contributed by atoms with van der Waals surface area (Å²) in [5.74, 6) is -0.584. The molecule has 0 spiro atoms. The van der Waals surface area contributed by atoms with Gasteiger partial charge in [-0.15, -0.1) is 0 Å². The van der Waals surface area contributed by atoms with E-state index in [-0.39, 0.29) is 17.4 Å². The van der Waals surface area contributed by atoms with E-state index >= 15 is 0 Å². The van der Waals surface area contributed by atoms with Crippen molar-refractivity contribution in [2.75, 3.05) is 5.33 Å². The number of carbonyl (C=O) groups excluding carboxylic acids is 2. The van der Waals surface area contributed by atoms with Crippen molar-refractivity contribution >= 4 is 54.9 Å². The number of hydrogen-bond acceptors (Lipinski definition) is 6. The number of fused-ring (bicyclic) bond motifs is 1. The second-order valence-corrected chi connectivity index (χ2v) is 10.9. The monoisotopic (exact) mass is 621 g/mol. The lowest BCUT2D eigenvalue weighted by atomic mass is 9.99. The lowest BCUT2D eigenvalue weighted by Gasteiger charge is -2.23. The first-order chi connectivity index (χ1) is 17.1. The predicted octanol–water partition coefficient (Wildman–Crippen LogP) is 5.97. The molecule has 36 heavy (non-hydrogen) atoms. The molecule has 1 aromatic heterocycles. The summed E-state index contributed by atoms with van der Waals surface area (Å²) in [6, 6.07) is 11.6. The zero-order chi connectivity index (χ0) is 26.4. The van der Waals surface area contributed by atoms with Gasteiger partial charge in [-0.3, -0.25) is 0 Å². The standard InChI is InChI=1S/C27H29Br2NO6/c1-15(2)23(30-27(33)34-14-18-8-6-5-7-9-18)26(32)36-24-17(4)25-21(16(3)10-22(31)35-25)12-19(24)11-20(29)13-28/h5-10,12,15,20,23H,11,13-14H2,1-4H3,(H,30,33)/t20-,23-/m0/s1. The minimum Gasteiger partial charge on any atom is -0.445 e. The van der Waals surface area contributed by atoms with Gasteiger partial charge < -0.3 is 19.2 Å². The van der Waals surface area contributed by atoms with Gasteiger partial charge in [-0.25, -0.2) is 14.4 Å². The van der Waals surface area contributed by atoms with Crippen LogP contribution in [-0.2, 0) is 22.6 Å². The van der Waals surface area contributed by atoms with Crippen LogP contribution >= 0.6 is 31.9 Å². The molecule has 0 aliphatic carbocycles. The Morgan fingerprint density at radius 1 is 1.11 bits per heavy atom. The summed E-state index contributed by atoms with van der Waals surface area (Å²) in [4.78, 5) is 37.9. The number of benzene rings is 2. The molecule has 2 aromatic carbocycles. The van der Waals surface area contributed by atoms with Crippen LogP contribution < -0.4 is 15.7 Å². The largest absolute Gasteiger partial charge is 0.445 e. The van der Waals surface area contributed by atoms with Gasteiger partial charge in [-0.2, -0.15) is 0 Å². The van der Waals surface area contributed by atoms with Crippen LogP contribution in [0.5, 0.6) is 5.75 Å². The summed E-state index contributed by atoms with van der Waals surface area (Å²) < 4.78 is 16.6. The van der Waals surface area contributed by atoms with Gasteiger partial charge in [0.15, 0.2) is 0 Å². The van der Waals surface area contributed by atoms with E-state index in [2.05, 4.69) is 37.2 Å². The molecule has 192 valence electrons. The van der Waals surface area contributed by atoms with Gasteiger partial charge in [-0.05, 0) is 48.9 Å². The maximum Gasteiger partial charge on any atom is 0.408 e. The first-order valence-electron chi connectivity index (χ1n) is 11.6. The van der Waals surface area contributed by atoms with Crippen molar-refractivity contribution in [2.24, 2.45) is 5.92 Å². The van der Waals surface area contributed by atoms with Crippen LogP contribution in [0, 0.1) is 19.8 Å². The van der Waals surface area contributed by atoms with Crippen molar-refractivity contribution < 1.29 is 23.5 Å². The molecule has 0 radical (unpaired) electrons. The molecular weight excluding hydrogens is 594 g/mol. The first-order valence-corrected chi connectivity index (χ1v) is 13.6. The third-order valence-electron chi connectivity index (χ3n) is 5.72. The maximum absolute atomic E-state index is 13.3. The highest BCUT2D eigenvalue weighted by Gasteiger charge is 2.29. The predicted molar refractivity (Wildman–Crippen MR) is 146 cm³/mol. The van der Waals surface area contributed by atoms with E-state index in [0.717, 1.165) is 22.1 Å². The number of alkyl carbamates (subject to hydrolysis) is 1. The van der Waals surface area contributed by atoms with Gasteiger partial charge in [-0.1, -0.05) is 76.0 Å². The molecule has 0 bridgehead atoms. The molecule has 0 aliphatic rings. The van der Waals surface area contributed by atoms with Crippen molar-refractivity contribution in [3.8, 4) is 5.75 Å². The van der Waals surface area contributed by atoms with Gasteiger partial charge >= 0.3 is 17.7 Å². The topological polar surface area (TPSA) is 94.8 Å². The molecule has 0 saturated carbocycles. The fourth-order valence-electron chi connectivity index (χ4n) is 3.80. The SMILES string of the molecule is Cc1cc(=O)oc2c(C)c(OC(=O)[C@@H](NC(=O)OCc3ccccc3)C(C)C)c(C[C@H](Br)CBr)cc12. The Morgan fingerprint density at radius 3 is 2.44 bits per heavy atom. The molecule has 1 N–H and O–H groups in total. The number of hydrogen-bond donors (Lipinski definition) is 1. The molecule has 9 heteroatoms. The van der Waals surface area contributed by atoms with Crippen LogP contribution in [0.3, 0.4) is 0 Å². The van der Waals surface area contributed by atoms with E-state index in [4.69, 9.17) is 13.9 Å². The third-order valence-corrected chi connectivity index (χ3v) is 8.01. The highest BCUT2D eigenvalue weighted by molar-refractivity contribution is 9.12. The number of halogens is 2. The van der Waals surface area contributed by atoms with E-state index in [0.29, 0.717) is 28.6 Å². The molecule has 2 atom stereocenters. The Balaban J connectivity index is 1.88. The summed E-state index contributed by atoms with van der Waals surface area (Å²) in [7, 11) is 0.